The molecule has 3 N–H and O–H groups in total. The van der Waals surface area contributed by atoms with Crippen molar-refractivity contribution in [3.8, 4) is 5.75 Å². The lowest BCUT2D eigenvalue weighted by atomic mass is 9.80. The van der Waals surface area contributed by atoms with Gasteiger partial charge in [-0.15, -0.1) is 0 Å². The van der Waals surface area contributed by atoms with Crippen LogP contribution in [0.3, 0.4) is 0 Å². The van der Waals surface area contributed by atoms with Crippen LogP contribution in [0.15, 0.2) is 54.6 Å². The average molecular weight is 475 g/mol. The summed E-state index contributed by atoms with van der Waals surface area (Å²) in [7, 11) is 1.86. The van der Waals surface area contributed by atoms with E-state index >= 15 is 0 Å². The van der Waals surface area contributed by atoms with E-state index in [0.717, 1.165) is 41.5 Å². The van der Waals surface area contributed by atoms with Crippen LogP contribution in [-0.4, -0.2) is 46.5 Å². The third-order valence-electron chi connectivity index (χ3n) is 7.21. The van der Waals surface area contributed by atoms with Crippen molar-refractivity contribution in [1.82, 2.24) is 15.4 Å². The van der Waals surface area contributed by atoms with Crippen molar-refractivity contribution in [2.75, 3.05) is 18.9 Å². The van der Waals surface area contributed by atoms with Gasteiger partial charge in [-0.25, -0.2) is 5.48 Å². The number of rotatable bonds is 6. The first-order chi connectivity index (χ1) is 16.9. The highest BCUT2D eigenvalue weighted by Gasteiger charge is 2.54. The van der Waals surface area contributed by atoms with E-state index in [2.05, 4.69) is 10.3 Å². The van der Waals surface area contributed by atoms with Gasteiger partial charge in [-0.2, -0.15) is 0 Å². The summed E-state index contributed by atoms with van der Waals surface area (Å²) < 4.78 is 6.01. The van der Waals surface area contributed by atoms with Crippen LogP contribution in [0.1, 0.15) is 30.5 Å². The summed E-state index contributed by atoms with van der Waals surface area (Å²) in [5.41, 5.74) is 5.42. The molecule has 2 atom stereocenters. The second-order valence-corrected chi connectivity index (χ2v) is 9.89. The molecule has 2 amide bonds. The van der Waals surface area contributed by atoms with E-state index in [1.165, 1.54) is 0 Å². The molecule has 3 aromatic rings. The first-order valence-corrected chi connectivity index (χ1v) is 11.9. The van der Waals surface area contributed by atoms with E-state index in [0.29, 0.717) is 24.5 Å². The lowest BCUT2D eigenvalue weighted by molar-refractivity contribution is -0.143. The van der Waals surface area contributed by atoms with Crippen molar-refractivity contribution < 1.29 is 19.5 Å². The van der Waals surface area contributed by atoms with Crippen molar-refractivity contribution in [1.29, 1.82) is 0 Å². The third-order valence-corrected chi connectivity index (χ3v) is 7.21. The maximum atomic E-state index is 13.1. The quantitative estimate of drug-likeness (QED) is 0.372. The van der Waals surface area contributed by atoms with Crippen LogP contribution >= 0.6 is 0 Å². The van der Waals surface area contributed by atoms with Crippen molar-refractivity contribution >= 4 is 28.4 Å². The van der Waals surface area contributed by atoms with Gasteiger partial charge < -0.3 is 10.1 Å². The number of ether oxygens (including phenoxy) is 1. The Labute approximate surface area is 204 Å². The SMILES string of the molecule is Cc1cc(COc2ccc(NC(=O)C3C(C(=O)NO)CC4(CC4)CN3C)cc2)c2ccccc2n1. The number of carbonyl (C=O) groups excluding carboxylic acids is 2. The molecule has 2 aromatic carbocycles. The molecule has 1 saturated heterocycles. The van der Waals surface area contributed by atoms with Gasteiger partial charge in [0.15, 0.2) is 0 Å². The summed E-state index contributed by atoms with van der Waals surface area (Å²) in [4.78, 5) is 32.0. The van der Waals surface area contributed by atoms with Crippen LogP contribution < -0.4 is 15.5 Å². The molecule has 2 fully saturated rings. The molecular weight excluding hydrogens is 444 g/mol. The number of aryl methyl sites for hydroxylation is 1. The third kappa shape index (κ3) is 4.85. The van der Waals surface area contributed by atoms with Crippen molar-refractivity contribution in [2.45, 2.75) is 38.8 Å². The smallest absolute Gasteiger partial charge is 0.248 e. The zero-order valence-electron chi connectivity index (χ0n) is 20.0. The van der Waals surface area contributed by atoms with E-state index in [-0.39, 0.29) is 11.3 Å². The number of hydroxylamine groups is 1. The highest BCUT2D eigenvalue weighted by atomic mass is 16.5. The number of fused-ring (bicyclic) bond motifs is 1. The monoisotopic (exact) mass is 474 g/mol. The minimum atomic E-state index is -0.646. The number of likely N-dealkylation sites (N-methyl/N-ethyl adjacent to an activating group) is 1. The van der Waals surface area contributed by atoms with Gasteiger partial charge in [0.05, 0.1) is 11.4 Å². The largest absolute Gasteiger partial charge is 0.489 e. The van der Waals surface area contributed by atoms with Crippen LogP contribution in [0.2, 0.25) is 0 Å². The molecule has 5 rings (SSSR count). The Morgan fingerprint density at radius 1 is 1.14 bits per heavy atom. The fourth-order valence-corrected chi connectivity index (χ4v) is 5.34. The van der Waals surface area contributed by atoms with E-state index in [4.69, 9.17) is 4.74 Å². The number of hydrogen-bond acceptors (Lipinski definition) is 6. The minimum absolute atomic E-state index is 0.0976. The van der Waals surface area contributed by atoms with Gasteiger partial charge in [-0.05, 0) is 75.0 Å². The van der Waals surface area contributed by atoms with Gasteiger partial charge in [0, 0.05) is 28.9 Å². The first-order valence-electron chi connectivity index (χ1n) is 11.9. The number of anilines is 1. The van der Waals surface area contributed by atoms with E-state index in [1.54, 1.807) is 17.6 Å². The zero-order chi connectivity index (χ0) is 24.6. The molecule has 1 aromatic heterocycles. The Hall–Kier alpha value is -3.49. The molecule has 1 saturated carbocycles. The van der Waals surface area contributed by atoms with Crippen molar-refractivity contribution in [2.24, 2.45) is 11.3 Å². The fraction of sp³-hybridized carbons (Fsp3) is 0.370. The minimum Gasteiger partial charge on any atom is -0.489 e. The predicted molar refractivity (Wildman–Crippen MR) is 132 cm³/mol. The van der Waals surface area contributed by atoms with Crippen LogP contribution in [0.25, 0.3) is 10.9 Å². The summed E-state index contributed by atoms with van der Waals surface area (Å²) in [6, 6.07) is 16.6. The maximum Gasteiger partial charge on any atom is 0.248 e. The Morgan fingerprint density at radius 3 is 2.60 bits per heavy atom. The number of carbonyl (C=O) groups is 2. The lowest BCUT2D eigenvalue weighted by Gasteiger charge is -2.41. The normalized spacial score (nSPS) is 21.0. The van der Waals surface area contributed by atoms with Gasteiger partial charge >= 0.3 is 0 Å². The summed E-state index contributed by atoms with van der Waals surface area (Å²) in [6.07, 6.45) is 2.71. The number of nitrogens with one attached hydrogen (secondary N) is 2. The van der Waals surface area contributed by atoms with Crippen LogP contribution in [-0.2, 0) is 16.2 Å². The Kier molecular flexibility index (Phi) is 6.17. The van der Waals surface area contributed by atoms with Gasteiger partial charge in [-0.3, -0.25) is 24.7 Å². The number of pyridine rings is 1. The summed E-state index contributed by atoms with van der Waals surface area (Å²) in [5, 5.41) is 13.2. The molecule has 35 heavy (non-hydrogen) atoms. The number of para-hydroxylation sites is 1. The molecule has 1 aliphatic carbocycles. The van der Waals surface area contributed by atoms with Gasteiger partial charge in [0.25, 0.3) is 0 Å². The standard InChI is InChI=1S/C27H30N4O4/c1-17-13-18(21-5-3-4-6-23(21)28-17)15-35-20-9-7-19(8-10-20)29-26(33)24-22(25(32)30-34)14-27(11-12-27)16-31(24)2/h3-10,13,22,24,34H,11-12,14-16H2,1-2H3,(H,29,33)(H,30,32). The molecule has 182 valence electrons. The molecule has 8 heteroatoms. The number of nitrogens with zero attached hydrogens (tertiary/aromatic N) is 2. The Bertz CT molecular complexity index is 1260. The molecule has 1 aliphatic heterocycles. The number of aromatic nitrogens is 1. The summed E-state index contributed by atoms with van der Waals surface area (Å²) in [5.74, 6) is -0.679. The Morgan fingerprint density at radius 2 is 1.89 bits per heavy atom. The molecule has 0 bridgehead atoms. The molecule has 2 aliphatic rings. The highest BCUT2D eigenvalue weighted by molar-refractivity contribution is 5.98. The van der Waals surface area contributed by atoms with E-state index in [9.17, 15) is 14.8 Å². The molecular formula is C27H30N4O4. The lowest BCUT2D eigenvalue weighted by Crippen LogP contribution is -2.57. The maximum absolute atomic E-state index is 13.1. The number of benzene rings is 2. The molecule has 8 nitrogen and oxygen atoms in total. The Balaban J connectivity index is 1.25. The second-order valence-electron chi connectivity index (χ2n) is 9.89. The predicted octanol–water partition coefficient (Wildman–Crippen LogP) is 3.67. The second kappa shape index (κ2) is 9.28. The summed E-state index contributed by atoms with van der Waals surface area (Å²) in [6.45, 7) is 3.15. The topological polar surface area (TPSA) is 104 Å². The van der Waals surface area contributed by atoms with Crippen molar-refractivity contribution in [3.63, 3.8) is 0 Å². The fourth-order valence-electron chi connectivity index (χ4n) is 5.34. The number of amides is 2. The molecule has 2 unspecified atom stereocenters. The highest BCUT2D eigenvalue weighted by Crippen LogP contribution is 2.54. The molecule has 1 spiro atoms. The summed E-state index contributed by atoms with van der Waals surface area (Å²) >= 11 is 0. The van der Waals surface area contributed by atoms with E-state index in [1.807, 2.05) is 61.3 Å². The van der Waals surface area contributed by atoms with Gasteiger partial charge in [-0.1, -0.05) is 18.2 Å². The molecule has 2 heterocycles. The zero-order valence-corrected chi connectivity index (χ0v) is 20.0. The van der Waals surface area contributed by atoms with Gasteiger partial charge in [0.2, 0.25) is 11.8 Å². The number of hydrogen-bond donors (Lipinski definition) is 3. The number of piperidine rings is 1. The average Bonchev–Trinajstić information content (AvgIpc) is 3.60. The van der Waals surface area contributed by atoms with Crippen LogP contribution in [0.4, 0.5) is 5.69 Å². The molecule has 0 radical (unpaired) electrons. The van der Waals surface area contributed by atoms with Crippen LogP contribution in [0.5, 0.6) is 5.75 Å². The van der Waals surface area contributed by atoms with Crippen LogP contribution in [0, 0.1) is 18.3 Å². The first kappa shape index (κ1) is 23.3. The number of likely N-dealkylation sites (tertiary alicyclic amines) is 1. The van der Waals surface area contributed by atoms with Crippen molar-refractivity contribution in [3.05, 3.63) is 65.9 Å². The van der Waals surface area contributed by atoms with E-state index < -0.39 is 17.9 Å². The van der Waals surface area contributed by atoms with Gasteiger partial charge in [0.1, 0.15) is 18.4 Å².